The zero-order valence-electron chi connectivity index (χ0n) is 9.83. The number of esters is 1. The number of rotatable bonds is 5. The van der Waals surface area contributed by atoms with Crippen molar-refractivity contribution in [3.8, 4) is 0 Å². The van der Waals surface area contributed by atoms with Gasteiger partial charge in [0, 0.05) is 26.2 Å². The lowest BCUT2D eigenvalue weighted by Gasteiger charge is -2.15. The van der Waals surface area contributed by atoms with Gasteiger partial charge in [-0.05, 0) is 12.5 Å². The first-order valence-electron chi connectivity index (χ1n) is 5.20. The molecule has 0 atom stereocenters. The lowest BCUT2D eigenvalue weighted by molar-refractivity contribution is -0.140. The summed E-state index contributed by atoms with van der Waals surface area (Å²) in [6.45, 7) is 0.491. The minimum atomic E-state index is -0.270. The predicted octanol–water partition coefficient (Wildman–Crippen LogP) is 1.69. The third kappa shape index (κ3) is 4.11. The summed E-state index contributed by atoms with van der Waals surface area (Å²) in [5.74, 6) is -0.421. The molecule has 0 radical (unpaired) electrons. The van der Waals surface area contributed by atoms with Crippen molar-refractivity contribution in [3.05, 3.63) is 23.0 Å². The van der Waals surface area contributed by atoms with Crippen LogP contribution in [-0.2, 0) is 9.53 Å². The lowest BCUT2D eigenvalue weighted by atomic mass is 10.3. The zero-order chi connectivity index (χ0) is 12.8. The average Bonchev–Trinajstić information content (AvgIpc) is 2.74. The second-order valence-corrected chi connectivity index (χ2v) is 4.07. The highest BCUT2D eigenvalue weighted by Crippen LogP contribution is 2.11. The Bertz CT molecular complexity index is 403. The second kappa shape index (κ2) is 6.30. The molecular formula is C11H15ClN2O3. The van der Waals surface area contributed by atoms with E-state index in [0.717, 1.165) is 0 Å². The highest BCUT2D eigenvalue weighted by atomic mass is 35.5. The number of amides is 1. The number of methoxy groups -OCH3 is 1. The molecule has 0 aliphatic heterocycles. The topological polar surface area (TPSA) is 62.4 Å². The number of ether oxygens (including phenoxy) is 1. The van der Waals surface area contributed by atoms with Crippen molar-refractivity contribution < 1.29 is 14.3 Å². The molecule has 0 saturated heterocycles. The van der Waals surface area contributed by atoms with E-state index >= 15 is 0 Å². The van der Waals surface area contributed by atoms with Crippen molar-refractivity contribution >= 4 is 23.5 Å². The molecule has 1 amide bonds. The summed E-state index contributed by atoms with van der Waals surface area (Å²) in [6.07, 6.45) is 2.43. The maximum Gasteiger partial charge on any atom is 0.305 e. The molecule has 0 fully saturated rings. The Morgan fingerprint density at radius 3 is 2.76 bits per heavy atom. The minimum Gasteiger partial charge on any atom is -0.469 e. The van der Waals surface area contributed by atoms with E-state index in [0.29, 0.717) is 30.1 Å². The van der Waals surface area contributed by atoms with Crippen LogP contribution in [-0.4, -0.2) is 42.5 Å². The Balaban J connectivity index is 2.40. The van der Waals surface area contributed by atoms with Gasteiger partial charge in [0.15, 0.2) is 0 Å². The quantitative estimate of drug-likeness (QED) is 0.818. The Morgan fingerprint density at radius 2 is 2.24 bits per heavy atom. The zero-order valence-corrected chi connectivity index (χ0v) is 10.6. The molecule has 0 unspecified atom stereocenters. The fourth-order valence-electron chi connectivity index (χ4n) is 1.36. The summed E-state index contributed by atoms with van der Waals surface area (Å²) < 4.78 is 4.51. The number of nitrogens with one attached hydrogen (secondary N) is 1. The van der Waals surface area contributed by atoms with E-state index in [4.69, 9.17) is 11.6 Å². The van der Waals surface area contributed by atoms with Crippen LogP contribution in [0.1, 0.15) is 23.3 Å². The first-order valence-corrected chi connectivity index (χ1v) is 5.58. The summed E-state index contributed by atoms with van der Waals surface area (Å²) in [7, 11) is 3.02. The highest BCUT2D eigenvalue weighted by molar-refractivity contribution is 6.30. The third-order valence-corrected chi connectivity index (χ3v) is 2.55. The molecule has 1 aromatic heterocycles. The molecule has 1 heterocycles. The summed E-state index contributed by atoms with van der Waals surface area (Å²) in [5.41, 5.74) is 0.440. The number of hydrogen-bond donors (Lipinski definition) is 1. The van der Waals surface area contributed by atoms with E-state index in [9.17, 15) is 9.59 Å². The Morgan fingerprint density at radius 1 is 1.53 bits per heavy atom. The van der Waals surface area contributed by atoms with Crippen molar-refractivity contribution in [1.82, 2.24) is 9.88 Å². The number of hydrogen-bond acceptors (Lipinski definition) is 3. The Hall–Kier alpha value is -1.49. The Kier molecular flexibility index (Phi) is 5.03. The summed E-state index contributed by atoms with van der Waals surface area (Å²) in [4.78, 5) is 27.0. The van der Waals surface area contributed by atoms with Crippen molar-refractivity contribution in [2.24, 2.45) is 0 Å². The SMILES string of the molecule is COC(=O)CCCN(C)C(=O)c1cc(Cl)c[nH]1. The van der Waals surface area contributed by atoms with Gasteiger partial charge in [-0.1, -0.05) is 11.6 Å². The van der Waals surface area contributed by atoms with E-state index < -0.39 is 0 Å². The van der Waals surface area contributed by atoms with Crippen LogP contribution in [0.4, 0.5) is 0 Å². The van der Waals surface area contributed by atoms with Crippen LogP contribution >= 0.6 is 11.6 Å². The van der Waals surface area contributed by atoms with Crippen LogP contribution in [0.15, 0.2) is 12.3 Å². The summed E-state index contributed by atoms with van der Waals surface area (Å²) in [5, 5.41) is 0.497. The number of carbonyl (C=O) groups is 2. The van der Waals surface area contributed by atoms with Gasteiger partial charge >= 0.3 is 5.97 Å². The van der Waals surface area contributed by atoms with Crippen LogP contribution in [0.25, 0.3) is 0 Å². The molecule has 0 bridgehead atoms. The maximum atomic E-state index is 11.8. The smallest absolute Gasteiger partial charge is 0.305 e. The van der Waals surface area contributed by atoms with Gasteiger partial charge in [0.1, 0.15) is 5.69 Å². The molecule has 0 spiro atoms. The van der Waals surface area contributed by atoms with Crippen LogP contribution in [0.2, 0.25) is 5.02 Å². The van der Waals surface area contributed by atoms with E-state index in [1.807, 2.05) is 0 Å². The van der Waals surface area contributed by atoms with Gasteiger partial charge in [-0.2, -0.15) is 0 Å². The standard InChI is InChI=1S/C11H15ClN2O3/c1-14(5-3-4-10(15)17-2)11(16)9-6-8(12)7-13-9/h6-7,13H,3-5H2,1-2H3. The van der Waals surface area contributed by atoms with E-state index in [1.54, 1.807) is 19.3 Å². The molecule has 1 N–H and O–H groups in total. The number of H-pyrrole nitrogens is 1. The molecule has 94 valence electrons. The molecule has 6 heteroatoms. The van der Waals surface area contributed by atoms with E-state index in [2.05, 4.69) is 9.72 Å². The average molecular weight is 259 g/mol. The van der Waals surface area contributed by atoms with Gasteiger partial charge in [0.05, 0.1) is 12.1 Å². The van der Waals surface area contributed by atoms with Crippen LogP contribution in [0.3, 0.4) is 0 Å². The fourth-order valence-corrected chi connectivity index (χ4v) is 1.52. The fraction of sp³-hybridized carbons (Fsp3) is 0.455. The molecule has 5 nitrogen and oxygen atoms in total. The summed E-state index contributed by atoms with van der Waals surface area (Å²) in [6, 6.07) is 1.57. The monoisotopic (exact) mass is 258 g/mol. The van der Waals surface area contributed by atoms with Gasteiger partial charge in [-0.3, -0.25) is 9.59 Å². The van der Waals surface area contributed by atoms with E-state index in [-0.39, 0.29) is 11.9 Å². The first kappa shape index (κ1) is 13.6. The van der Waals surface area contributed by atoms with Crippen molar-refractivity contribution in [2.75, 3.05) is 20.7 Å². The van der Waals surface area contributed by atoms with Crippen LogP contribution in [0, 0.1) is 0 Å². The highest BCUT2D eigenvalue weighted by Gasteiger charge is 2.13. The molecule has 0 aromatic carbocycles. The molecular weight excluding hydrogens is 244 g/mol. The van der Waals surface area contributed by atoms with Gasteiger partial charge in [0.25, 0.3) is 5.91 Å². The molecule has 1 rings (SSSR count). The number of carbonyl (C=O) groups excluding carboxylic acids is 2. The summed E-state index contributed by atoms with van der Waals surface area (Å²) >= 11 is 5.71. The molecule has 0 saturated carbocycles. The maximum absolute atomic E-state index is 11.8. The largest absolute Gasteiger partial charge is 0.469 e. The van der Waals surface area contributed by atoms with Gasteiger partial charge in [0.2, 0.25) is 0 Å². The van der Waals surface area contributed by atoms with Crippen LogP contribution in [0.5, 0.6) is 0 Å². The molecule has 1 aromatic rings. The van der Waals surface area contributed by atoms with Crippen molar-refractivity contribution in [1.29, 1.82) is 0 Å². The molecule has 17 heavy (non-hydrogen) atoms. The third-order valence-electron chi connectivity index (χ3n) is 2.33. The van der Waals surface area contributed by atoms with Gasteiger partial charge in [-0.25, -0.2) is 0 Å². The van der Waals surface area contributed by atoms with Crippen molar-refractivity contribution in [3.63, 3.8) is 0 Å². The van der Waals surface area contributed by atoms with Gasteiger partial charge < -0.3 is 14.6 Å². The number of halogens is 1. The second-order valence-electron chi connectivity index (χ2n) is 3.64. The molecule has 0 aliphatic carbocycles. The van der Waals surface area contributed by atoms with Crippen LogP contribution < -0.4 is 0 Å². The lowest BCUT2D eigenvalue weighted by Crippen LogP contribution is -2.28. The number of aromatic amines is 1. The number of aromatic nitrogens is 1. The first-order chi connectivity index (χ1) is 8.04. The Labute approximate surface area is 105 Å². The van der Waals surface area contributed by atoms with Gasteiger partial charge in [-0.15, -0.1) is 0 Å². The number of nitrogens with zero attached hydrogens (tertiary/aromatic N) is 1. The molecule has 0 aliphatic rings. The van der Waals surface area contributed by atoms with Crippen molar-refractivity contribution in [2.45, 2.75) is 12.8 Å². The van der Waals surface area contributed by atoms with E-state index in [1.165, 1.54) is 12.0 Å². The predicted molar refractivity (Wildman–Crippen MR) is 64.0 cm³/mol. The normalized spacial score (nSPS) is 10.1. The minimum absolute atomic E-state index is 0.151.